The maximum atomic E-state index is 13.0. The lowest BCUT2D eigenvalue weighted by molar-refractivity contribution is -0.143. The Kier molecular flexibility index (Phi) is 7.99. The van der Waals surface area contributed by atoms with Crippen molar-refractivity contribution in [2.75, 3.05) is 13.1 Å². The minimum atomic E-state index is -4.95. The molecule has 1 aromatic rings. The highest BCUT2D eigenvalue weighted by atomic mass is 19.4. The monoisotopic (exact) mass is 492 g/mol. The van der Waals surface area contributed by atoms with Crippen LogP contribution in [0.1, 0.15) is 74.5 Å². The first-order valence-electron chi connectivity index (χ1n) is 11.6. The maximum Gasteiger partial charge on any atom is 0.416 e. The van der Waals surface area contributed by atoms with Gasteiger partial charge in [-0.1, -0.05) is 19.3 Å². The third kappa shape index (κ3) is 7.20. The first-order chi connectivity index (χ1) is 15.7. The van der Waals surface area contributed by atoms with Gasteiger partial charge in [-0.3, -0.25) is 9.59 Å². The van der Waals surface area contributed by atoms with E-state index in [0.29, 0.717) is 44.5 Å². The van der Waals surface area contributed by atoms with E-state index in [1.165, 1.54) is 0 Å². The summed E-state index contributed by atoms with van der Waals surface area (Å²) in [6.45, 7) is 0.934. The number of hydrogen-bond acceptors (Lipinski definition) is 3. The van der Waals surface area contributed by atoms with Crippen molar-refractivity contribution < 1.29 is 35.9 Å². The Balaban J connectivity index is 1.54. The smallest absolute Gasteiger partial charge is 0.343 e. The molecule has 3 rings (SSSR count). The van der Waals surface area contributed by atoms with Crippen molar-refractivity contribution >= 4 is 11.7 Å². The number of hydrogen-bond donors (Lipinski definition) is 1. The molecule has 1 aliphatic carbocycles. The summed E-state index contributed by atoms with van der Waals surface area (Å²) in [7, 11) is 0. The third-order valence-electron chi connectivity index (χ3n) is 6.88. The summed E-state index contributed by atoms with van der Waals surface area (Å²) in [6.07, 6.45) is -4.09. The summed E-state index contributed by atoms with van der Waals surface area (Å²) in [5, 5.41) is 0. The summed E-state index contributed by atoms with van der Waals surface area (Å²) in [5.41, 5.74) is 2.77. The highest BCUT2D eigenvalue weighted by Crippen LogP contribution is 2.37. The molecule has 1 saturated carbocycles. The van der Waals surface area contributed by atoms with Crippen LogP contribution in [0.2, 0.25) is 0 Å². The van der Waals surface area contributed by atoms with E-state index >= 15 is 0 Å². The number of nitrogens with zero attached hydrogens (tertiary/aromatic N) is 1. The molecule has 4 nitrogen and oxygen atoms in total. The highest BCUT2D eigenvalue weighted by molar-refractivity contribution is 5.81. The molecule has 1 aromatic carbocycles. The summed E-state index contributed by atoms with van der Waals surface area (Å²) in [5.74, 6) is -0.482. The van der Waals surface area contributed by atoms with E-state index in [1.54, 1.807) is 4.90 Å². The minimum absolute atomic E-state index is 0.00202. The van der Waals surface area contributed by atoms with Crippen molar-refractivity contribution in [1.29, 1.82) is 0 Å². The lowest BCUT2D eigenvalue weighted by atomic mass is 9.79. The van der Waals surface area contributed by atoms with Crippen LogP contribution in [0.5, 0.6) is 0 Å². The summed E-state index contributed by atoms with van der Waals surface area (Å²) in [4.78, 5) is 26.9. The van der Waals surface area contributed by atoms with Crippen molar-refractivity contribution in [2.45, 2.75) is 82.1 Å². The molecule has 0 spiro atoms. The number of nitrogens with two attached hydrogens (primary N) is 1. The normalized spacial score (nSPS) is 19.8. The Bertz CT molecular complexity index is 850. The summed E-state index contributed by atoms with van der Waals surface area (Å²) < 4.78 is 78.2. The Hall–Kier alpha value is -2.10. The second-order valence-electron chi connectivity index (χ2n) is 9.76. The molecule has 1 saturated heterocycles. The molecule has 1 aliphatic heterocycles. The number of amides is 1. The van der Waals surface area contributed by atoms with Gasteiger partial charge in [0.2, 0.25) is 5.91 Å². The molecule has 2 aliphatic rings. The van der Waals surface area contributed by atoms with Crippen LogP contribution in [-0.4, -0.2) is 35.2 Å². The van der Waals surface area contributed by atoms with Crippen molar-refractivity contribution in [3.8, 4) is 0 Å². The van der Waals surface area contributed by atoms with Crippen LogP contribution in [0.25, 0.3) is 0 Å². The minimum Gasteiger partial charge on any atom is -0.343 e. The van der Waals surface area contributed by atoms with Crippen LogP contribution < -0.4 is 5.73 Å². The lowest BCUT2D eigenvalue weighted by Gasteiger charge is -2.37. The van der Waals surface area contributed by atoms with Gasteiger partial charge < -0.3 is 10.6 Å². The molecule has 0 radical (unpaired) electrons. The van der Waals surface area contributed by atoms with E-state index in [-0.39, 0.29) is 29.9 Å². The number of halogens is 6. The number of ketones is 1. The molecule has 10 heteroatoms. The largest absolute Gasteiger partial charge is 0.416 e. The zero-order valence-electron chi connectivity index (χ0n) is 18.9. The molecule has 0 unspecified atom stereocenters. The summed E-state index contributed by atoms with van der Waals surface area (Å²) in [6, 6.07) is 1.25. The van der Waals surface area contributed by atoms with Crippen molar-refractivity contribution in [1.82, 2.24) is 4.90 Å². The van der Waals surface area contributed by atoms with Gasteiger partial charge in [0.05, 0.1) is 11.1 Å². The van der Waals surface area contributed by atoms with Gasteiger partial charge in [0.15, 0.2) is 0 Å². The average molecular weight is 493 g/mol. The van der Waals surface area contributed by atoms with Crippen molar-refractivity contribution in [3.63, 3.8) is 0 Å². The van der Waals surface area contributed by atoms with Crippen LogP contribution >= 0.6 is 0 Å². The van der Waals surface area contributed by atoms with Gasteiger partial charge in [-0.05, 0) is 55.4 Å². The van der Waals surface area contributed by atoms with Gasteiger partial charge in [-0.2, -0.15) is 26.3 Å². The number of likely N-dealkylation sites (tertiary alicyclic amines) is 1. The van der Waals surface area contributed by atoms with Crippen LogP contribution in [0.4, 0.5) is 26.3 Å². The molecule has 0 atom stereocenters. The highest BCUT2D eigenvalue weighted by Gasteiger charge is 2.37. The maximum absolute atomic E-state index is 13.0. The van der Waals surface area contributed by atoms with E-state index in [4.69, 9.17) is 5.73 Å². The second-order valence-corrected chi connectivity index (χ2v) is 9.76. The molecular formula is C24H30F6N2O2. The average Bonchev–Trinajstić information content (AvgIpc) is 2.73. The van der Waals surface area contributed by atoms with Crippen LogP contribution in [0, 0.1) is 5.92 Å². The third-order valence-corrected chi connectivity index (χ3v) is 6.88. The molecule has 0 bridgehead atoms. The van der Waals surface area contributed by atoms with E-state index in [1.807, 2.05) is 0 Å². The summed E-state index contributed by atoms with van der Waals surface area (Å²) >= 11 is 0. The van der Waals surface area contributed by atoms with Crippen LogP contribution in [0.15, 0.2) is 18.2 Å². The van der Waals surface area contributed by atoms with Gasteiger partial charge >= 0.3 is 12.4 Å². The molecule has 34 heavy (non-hydrogen) atoms. The number of carbonyl (C=O) groups is 2. The number of rotatable bonds is 6. The topological polar surface area (TPSA) is 63.4 Å². The van der Waals surface area contributed by atoms with Crippen LogP contribution in [0.3, 0.4) is 0 Å². The fourth-order valence-electron chi connectivity index (χ4n) is 4.98. The SMILES string of the molecule is NC1(CC(=O)N2CCC(CC(=O)Cc3cc(C(F)(F)F)cc(C(F)(F)F)c3)CC2)CCCCC1. The van der Waals surface area contributed by atoms with E-state index in [2.05, 4.69) is 0 Å². The molecule has 2 fully saturated rings. The number of carbonyl (C=O) groups excluding carboxylic acids is 2. The predicted octanol–water partition coefficient (Wildman–Crippen LogP) is 5.52. The Labute approximate surface area is 194 Å². The van der Waals surface area contributed by atoms with Gasteiger partial charge in [-0.15, -0.1) is 0 Å². The van der Waals surface area contributed by atoms with E-state index in [9.17, 15) is 35.9 Å². The number of piperidine rings is 1. The molecular weight excluding hydrogens is 462 g/mol. The Morgan fingerprint density at radius 1 is 0.912 bits per heavy atom. The molecule has 2 N–H and O–H groups in total. The predicted molar refractivity (Wildman–Crippen MR) is 114 cm³/mol. The number of alkyl halides is 6. The standard InChI is InChI=1S/C24H30F6N2O2/c25-23(26,27)18-10-17(11-19(14-18)24(28,29)30)13-20(33)12-16-4-8-32(9-5-16)21(34)15-22(31)6-2-1-3-7-22/h10-11,14,16H,1-9,12-13,15,31H2. The lowest BCUT2D eigenvalue weighted by Crippen LogP contribution is -2.48. The van der Waals surface area contributed by atoms with E-state index in [0.717, 1.165) is 32.1 Å². The number of benzene rings is 1. The fourth-order valence-corrected chi connectivity index (χ4v) is 4.98. The molecule has 1 heterocycles. The molecule has 190 valence electrons. The van der Waals surface area contributed by atoms with Crippen LogP contribution in [-0.2, 0) is 28.4 Å². The van der Waals surface area contributed by atoms with Gasteiger partial charge in [-0.25, -0.2) is 0 Å². The van der Waals surface area contributed by atoms with Crippen molar-refractivity contribution in [2.24, 2.45) is 11.7 Å². The first-order valence-corrected chi connectivity index (χ1v) is 11.6. The zero-order chi connectivity index (χ0) is 25.1. The second kappa shape index (κ2) is 10.3. The quantitative estimate of drug-likeness (QED) is 0.533. The fraction of sp³-hybridized carbons (Fsp3) is 0.667. The number of Topliss-reactive ketones (excluding diaryl/α,β-unsaturated/α-hetero) is 1. The van der Waals surface area contributed by atoms with Gasteiger partial charge in [0.1, 0.15) is 5.78 Å². The van der Waals surface area contributed by atoms with E-state index < -0.39 is 41.2 Å². The van der Waals surface area contributed by atoms with Gasteiger partial charge in [0, 0.05) is 37.9 Å². The van der Waals surface area contributed by atoms with Gasteiger partial charge in [0.25, 0.3) is 0 Å². The zero-order valence-corrected chi connectivity index (χ0v) is 18.9. The Morgan fingerprint density at radius 3 is 1.94 bits per heavy atom. The van der Waals surface area contributed by atoms with Crippen molar-refractivity contribution in [3.05, 3.63) is 34.9 Å². The first kappa shape index (κ1) is 26.5. The Morgan fingerprint density at radius 2 is 1.44 bits per heavy atom. The molecule has 1 amide bonds. The molecule has 0 aromatic heterocycles.